The molecule has 3 unspecified atom stereocenters. The minimum Gasteiger partial charge on any atom is -0.491 e. The number of benzene rings is 1. The molecule has 3 atom stereocenters. The van der Waals surface area contributed by atoms with Crippen molar-refractivity contribution in [2.75, 3.05) is 6.61 Å². The Bertz CT molecular complexity index is 379. The van der Waals surface area contributed by atoms with E-state index in [4.69, 9.17) is 15.2 Å². The molecule has 0 aromatic heterocycles. The quantitative estimate of drug-likeness (QED) is 0.808. The van der Waals surface area contributed by atoms with E-state index in [2.05, 4.69) is 0 Å². The number of aliphatic hydroxyl groups excluding tert-OH is 1. The second-order valence-corrected chi connectivity index (χ2v) is 4.18. The van der Waals surface area contributed by atoms with Gasteiger partial charge in [-0.25, -0.2) is 0 Å². The van der Waals surface area contributed by atoms with Crippen LogP contribution in [0, 0.1) is 0 Å². The van der Waals surface area contributed by atoms with E-state index in [9.17, 15) is 5.11 Å². The summed E-state index contributed by atoms with van der Waals surface area (Å²) in [6, 6.07) is 5.54. The Kier molecular flexibility index (Phi) is 3.03. The zero-order chi connectivity index (χ0) is 11.7. The summed E-state index contributed by atoms with van der Waals surface area (Å²) < 4.78 is 11.0. The Hall–Kier alpha value is -1.26. The minimum atomic E-state index is -0.503. The van der Waals surface area contributed by atoms with Gasteiger partial charge in [0.05, 0.1) is 12.1 Å². The molecule has 0 fully saturated rings. The lowest BCUT2D eigenvalue weighted by atomic mass is 10.1. The molecule has 4 heteroatoms. The molecule has 0 aliphatic carbocycles. The first-order valence-corrected chi connectivity index (χ1v) is 5.45. The third-order valence-corrected chi connectivity index (χ3v) is 2.80. The number of fused-ring (bicyclic) bond motifs is 1. The fourth-order valence-corrected chi connectivity index (χ4v) is 1.60. The molecule has 0 bridgehead atoms. The summed E-state index contributed by atoms with van der Waals surface area (Å²) in [6.45, 7) is 4.04. The van der Waals surface area contributed by atoms with Crippen molar-refractivity contribution >= 4 is 0 Å². The van der Waals surface area contributed by atoms with Gasteiger partial charge >= 0.3 is 0 Å². The van der Waals surface area contributed by atoms with Gasteiger partial charge in [-0.3, -0.25) is 0 Å². The van der Waals surface area contributed by atoms with Gasteiger partial charge in [0.25, 0.3) is 0 Å². The molecule has 1 aliphatic rings. The molecule has 1 aliphatic heterocycles. The first-order valence-electron chi connectivity index (χ1n) is 5.45. The third kappa shape index (κ3) is 2.13. The molecule has 1 aromatic rings. The van der Waals surface area contributed by atoms with E-state index in [-0.39, 0.29) is 12.1 Å². The van der Waals surface area contributed by atoms with Crippen molar-refractivity contribution in [3.05, 3.63) is 23.8 Å². The summed E-state index contributed by atoms with van der Waals surface area (Å²) >= 11 is 0. The highest BCUT2D eigenvalue weighted by Gasteiger charge is 2.21. The zero-order valence-corrected chi connectivity index (χ0v) is 9.51. The molecule has 0 radical (unpaired) electrons. The maximum absolute atomic E-state index is 9.34. The van der Waals surface area contributed by atoms with Gasteiger partial charge in [0.1, 0.15) is 24.2 Å². The predicted molar refractivity (Wildman–Crippen MR) is 60.6 cm³/mol. The van der Waals surface area contributed by atoms with Crippen molar-refractivity contribution in [1.82, 2.24) is 0 Å². The van der Waals surface area contributed by atoms with Crippen LogP contribution >= 0.6 is 0 Å². The monoisotopic (exact) mass is 223 g/mol. The van der Waals surface area contributed by atoms with Gasteiger partial charge in [-0.2, -0.15) is 0 Å². The Labute approximate surface area is 95.0 Å². The maximum atomic E-state index is 9.34. The number of hydrogen-bond donors (Lipinski definition) is 2. The van der Waals surface area contributed by atoms with E-state index in [1.807, 2.05) is 25.1 Å². The molecule has 0 spiro atoms. The lowest BCUT2D eigenvalue weighted by molar-refractivity contribution is 0.0603. The second kappa shape index (κ2) is 4.31. The average molecular weight is 223 g/mol. The van der Waals surface area contributed by atoms with Gasteiger partial charge in [-0.05, 0) is 26.0 Å². The predicted octanol–water partition coefficient (Wildman–Crippen LogP) is 1.23. The van der Waals surface area contributed by atoms with E-state index in [1.54, 1.807) is 6.92 Å². The summed E-state index contributed by atoms with van der Waals surface area (Å²) in [5.41, 5.74) is 6.85. The number of rotatable bonds is 3. The van der Waals surface area contributed by atoms with Gasteiger partial charge in [0, 0.05) is 11.6 Å². The van der Waals surface area contributed by atoms with Crippen LogP contribution in [0.5, 0.6) is 11.5 Å². The van der Waals surface area contributed by atoms with Crippen molar-refractivity contribution in [3.8, 4) is 11.5 Å². The highest BCUT2D eigenvalue weighted by molar-refractivity contribution is 5.44. The summed E-state index contributed by atoms with van der Waals surface area (Å²) in [5.74, 6) is 1.48. The highest BCUT2D eigenvalue weighted by atomic mass is 16.5. The molecule has 0 saturated carbocycles. The number of hydrogen-bond acceptors (Lipinski definition) is 4. The average Bonchev–Trinajstić information content (AvgIpc) is 2.60. The van der Waals surface area contributed by atoms with Crippen LogP contribution in [0.15, 0.2) is 18.2 Å². The van der Waals surface area contributed by atoms with Crippen molar-refractivity contribution in [2.24, 2.45) is 5.73 Å². The van der Waals surface area contributed by atoms with Crippen LogP contribution in [-0.2, 0) is 0 Å². The van der Waals surface area contributed by atoms with Crippen LogP contribution in [0.1, 0.15) is 25.5 Å². The molecule has 88 valence electrons. The Morgan fingerprint density at radius 3 is 2.94 bits per heavy atom. The Morgan fingerprint density at radius 2 is 2.25 bits per heavy atom. The van der Waals surface area contributed by atoms with Crippen molar-refractivity contribution < 1.29 is 14.6 Å². The number of nitrogens with two attached hydrogens (primary N) is 1. The smallest absolute Gasteiger partial charge is 0.127 e. The molecule has 0 amide bonds. The molecule has 2 rings (SSSR count). The van der Waals surface area contributed by atoms with E-state index in [0.29, 0.717) is 12.4 Å². The van der Waals surface area contributed by atoms with Crippen molar-refractivity contribution in [3.63, 3.8) is 0 Å². The van der Waals surface area contributed by atoms with Gasteiger partial charge in [0.15, 0.2) is 0 Å². The SMILES string of the molecule is CC(O)C(C)Oc1ccc2c(c1)OCC2N. The zero-order valence-electron chi connectivity index (χ0n) is 9.51. The molecule has 0 saturated heterocycles. The van der Waals surface area contributed by atoms with E-state index >= 15 is 0 Å². The first kappa shape index (κ1) is 11.2. The standard InChI is InChI=1S/C12H17NO3/c1-7(14)8(2)16-9-3-4-10-11(13)6-15-12(10)5-9/h3-5,7-8,11,14H,6,13H2,1-2H3. The van der Waals surface area contributed by atoms with Crippen LogP contribution in [0.2, 0.25) is 0 Å². The largest absolute Gasteiger partial charge is 0.491 e. The van der Waals surface area contributed by atoms with Crippen molar-refractivity contribution in [1.29, 1.82) is 0 Å². The summed E-state index contributed by atoms with van der Waals surface area (Å²) in [4.78, 5) is 0. The van der Waals surface area contributed by atoms with Gasteiger partial charge in [0.2, 0.25) is 0 Å². The van der Waals surface area contributed by atoms with Crippen LogP contribution < -0.4 is 15.2 Å². The summed E-state index contributed by atoms with van der Waals surface area (Å²) in [7, 11) is 0. The van der Waals surface area contributed by atoms with E-state index in [1.165, 1.54) is 0 Å². The van der Waals surface area contributed by atoms with Gasteiger partial charge in [-0.1, -0.05) is 0 Å². The molecule has 4 nitrogen and oxygen atoms in total. The fourth-order valence-electron chi connectivity index (χ4n) is 1.60. The third-order valence-electron chi connectivity index (χ3n) is 2.80. The molecular formula is C12H17NO3. The normalized spacial score (nSPS) is 22.1. The van der Waals surface area contributed by atoms with Crippen LogP contribution in [-0.4, -0.2) is 23.9 Å². The van der Waals surface area contributed by atoms with Crippen LogP contribution in [0.25, 0.3) is 0 Å². The van der Waals surface area contributed by atoms with Gasteiger partial charge in [-0.15, -0.1) is 0 Å². The van der Waals surface area contributed by atoms with Crippen LogP contribution in [0.4, 0.5) is 0 Å². The molecular weight excluding hydrogens is 206 g/mol. The minimum absolute atomic E-state index is 0.0433. The van der Waals surface area contributed by atoms with Crippen LogP contribution in [0.3, 0.4) is 0 Å². The summed E-state index contributed by atoms with van der Waals surface area (Å²) in [6.07, 6.45) is -0.746. The highest BCUT2D eigenvalue weighted by Crippen LogP contribution is 2.34. The van der Waals surface area contributed by atoms with Gasteiger partial charge < -0.3 is 20.3 Å². The fraction of sp³-hybridized carbons (Fsp3) is 0.500. The summed E-state index contributed by atoms with van der Waals surface area (Å²) in [5, 5.41) is 9.34. The number of ether oxygens (including phenoxy) is 2. The molecule has 16 heavy (non-hydrogen) atoms. The molecule has 3 N–H and O–H groups in total. The van der Waals surface area contributed by atoms with E-state index < -0.39 is 6.10 Å². The lowest BCUT2D eigenvalue weighted by Crippen LogP contribution is -2.25. The molecule has 1 aromatic carbocycles. The molecule has 1 heterocycles. The van der Waals surface area contributed by atoms with E-state index in [0.717, 1.165) is 11.3 Å². The number of aliphatic hydroxyl groups is 1. The topological polar surface area (TPSA) is 64.7 Å². The van der Waals surface area contributed by atoms with Crippen molar-refractivity contribution in [2.45, 2.75) is 32.1 Å². The Balaban J connectivity index is 2.13. The maximum Gasteiger partial charge on any atom is 0.127 e. The Morgan fingerprint density at radius 1 is 1.50 bits per heavy atom. The lowest BCUT2D eigenvalue weighted by Gasteiger charge is -2.17. The first-order chi connectivity index (χ1) is 7.58. The second-order valence-electron chi connectivity index (χ2n) is 4.18.